The first kappa shape index (κ1) is 17.3. The number of benzene rings is 1. The maximum atomic E-state index is 11.6. The Kier molecular flexibility index (Phi) is 6.16. The van der Waals surface area contributed by atoms with E-state index in [1.165, 1.54) is 0 Å². The van der Waals surface area contributed by atoms with Crippen LogP contribution >= 0.6 is 0 Å². The quantitative estimate of drug-likeness (QED) is 0.384. The normalized spacial score (nSPS) is 11.5. The molecule has 1 aromatic carbocycles. The SMILES string of the molecule is NC(CCCO)C(=O)NNc1ccc([N+](=O)[O-])cc1[N+](=O)[O-]. The number of non-ortho nitro benzene ring substituents is 1. The maximum absolute atomic E-state index is 11.6. The highest BCUT2D eigenvalue weighted by molar-refractivity contribution is 5.83. The van der Waals surface area contributed by atoms with Crippen molar-refractivity contribution < 1.29 is 19.7 Å². The molecule has 0 aromatic heterocycles. The molecule has 0 bridgehead atoms. The van der Waals surface area contributed by atoms with Crippen LogP contribution in [0.5, 0.6) is 0 Å². The lowest BCUT2D eigenvalue weighted by molar-refractivity contribution is -0.393. The van der Waals surface area contributed by atoms with Crippen LogP contribution in [-0.2, 0) is 4.79 Å². The Morgan fingerprint density at radius 3 is 2.55 bits per heavy atom. The first-order chi connectivity index (χ1) is 10.4. The predicted octanol–water partition coefficient (Wildman–Crippen LogP) is 0.0459. The second-order valence-corrected chi connectivity index (χ2v) is 4.30. The van der Waals surface area contributed by atoms with Crippen LogP contribution in [0.15, 0.2) is 18.2 Å². The van der Waals surface area contributed by atoms with E-state index in [1.807, 2.05) is 0 Å². The number of anilines is 1. The molecule has 1 atom stereocenters. The Bertz CT molecular complexity index is 578. The molecule has 11 nitrogen and oxygen atoms in total. The van der Waals surface area contributed by atoms with Crippen molar-refractivity contribution in [2.75, 3.05) is 12.0 Å². The van der Waals surface area contributed by atoms with Gasteiger partial charge in [-0.15, -0.1) is 0 Å². The smallest absolute Gasteiger partial charge is 0.300 e. The van der Waals surface area contributed by atoms with Crippen LogP contribution in [0.25, 0.3) is 0 Å². The average molecular weight is 313 g/mol. The summed E-state index contributed by atoms with van der Waals surface area (Å²) in [6.45, 7) is -0.109. The zero-order valence-corrected chi connectivity index (χ0v) is 11.4. The molecule has 22 heavy (non-hydrogen) atoms. The molecule has 1 aromatic rings. The summed E-state index contributed by atoms with van der Waals surface area (Å²) in [6, 6.07) is 2.06. The van der Waals surface area contributed by atoms with Gasteiger partial charge in [-0.05, 0) is 18.9 Å². The van der Waals surface area contributed by atoms with Gasteiger partial charge in [-0.1, -0.05) is 0 Å². The zero-order chi connectivity index (χ0) is 16.7. The van der Waals surface area contributed by atoms with Gasteiger partial charge in [-0.3, -0.25) is 35.9 Å². The molecule has 0 spiro atoms. The van der Waals surface area contributed by atoms with Crippen molar-refractivity contribution in [1.29, 1.82) is 0 Å². The standard InChI is InChI=1S/C11H15N5O6/c12-8(2-1-5-17)11(18)14-13-9-4-3-7(15(19)20)6-10(9)16(21)22/h3-4,6,8,13,17H,1-2,5,12H2,(H,14,18). The second-order valence-electron chi connectivity index (χ2n) is 4.30. The van der Waals surface area contributed by atoms with Gasteiger partial charge in [0.25, 0.3) is 11.6 Å². The number of rotatable bonds is 8. The van der Waals surface area contributed by atoms with Crippen molar-refractivity contribution in [3.8, 4) is 0 Å². The van der Waals surface area contributed by atoms with E-state index in [1.54, 1.807) is 0 Å². The van der Waals surface area contributed by atoms with Crippen molar-refractivity contribution in [3.63, 3.8) is 0 Å². The van der Waals surface area contributed by atoms with Crippen molar-refractivity contribution >= 4 is 23.0 Å². The van der Waals surface area contributed by atoms with Gasteiger partial charge in [-0.25, -0.2) is 0 Å². The number of hydrogen-bond donors (Lipinski definition) is 4. The van der Waals surface area contributed by atoms with E-state index in [9.17, 15) is 25.0 Å². The molecule has 120 valence electrons. The van der Waals surface area contributed by atoms with E-state index in [0.717, 1.165) is 18.2 Å². The number of nitro groups is 2. The highest BCUT2D eigenvalue weighted by Crippen LogP contribution is 2.28. The van der Waals surface area contributed by atoms with Crippen LogP contribution in [0.1, 0.15) is 12.8 Å². The van der Waals surface area contributed by atoms with Crippen molar-refractivity contribution in [2.45, 2.75) is 18.9 Å². The third-order valence-corrected chi connectivity index (χ3v) is 2.72. The Labute approximate surface area is 124 Å². The lowest BCUT2D eigenvalue weighted by Crippen LogP contribution is -2.43. The number of aliphatic hydroxyl groups is 1. The van der Waals surface area contributed by atoms with E-state index in [0.29, 0.717) is 6.42 Å². The number of nitrogens with zero attached hydrogens (tertiary/aromatic N) is 2. The minimum absolute atomic E-state index is 0.109. The van der Waals surface area contributed by atoms with Crippen LogP contribution in [0, 0.1) is 20.2 Å². The molecule has 0 heterocycles. The van der Waals surface area contributed by atoms with Gasteiger partial charge in [-0.2, -0.15) is 0 Å². The first-order valence-corrected chi connectivity index (χ1v) is 6.22. The fourth-order valence-corrected chi connectivity index (χ4v) is 1.55. The third-order valence-electron chi connectivity index (χ3n) is 2.72. The van der Waals surface area contributed by atoms with Crippen molar-refractivity contribution in [1.82, 2.24) is 5.43 Å². The van der Waals surface area contributed by atoms with Gasteiger partial charge >= 0.3 is 5.69 Å². The summed E-state index contributed by atoms with van der Waals surface area (Å²) in [4.78, 5) is 31.5. The lowest BCUT2D eigenvalue weighted by atomic mass is 10.1. The summed E-state index contributed by atoms with van der Waals surface area (Å²) in [5.41, 5.74) is 8.92. The molecule has 1 unspecified atom stereocenters. The van der Waals surface area contributed by atoms with Crippen molar-refractivity contribution in [3.05, 3.63) is 38.4 Å². The fraction of sp³-hybridized carbons (Fsp3) is 0.364. The first-order valence-electron chi connectivity index (χ1n) is 6.22. The highest BCUT2D eigenvalue weighted by Gasteiger charge is 2.20. The van der Waals surface area contributed by atoms with Gasteiger partial charge in [0.2, 0.25) is 0 Å². The number of nitrogens with two attached hydrogens (primary N) is 1. The lowest BCUT2D eigenvalue weighted by Gasteiger charge is -2.13. The van der Waals surface area contributed by atoms with Gasteiger partial charge in [0.15, 0.2) is 0 Å². The number of aliphatic hydroxyl groups excluding tert-OH is 1. The molecular formula is C11H15N5O6. The van der Waals surface area contributed by atoms with E-state index < -0.39 is 33.2 Å². The summed E-state index contributed by atoms with van der Waals surface area (Å²) >= 11 is 0. The number of amides is 1. The summed E-state index contributed by atoms with van der Waals surface area (Å²) in [7, 11) is 0. The Balaban J connectivity index is 2.79. The molecule has 1 rings (SSSR count). The molecule has 0 fully saturated rings. The minimum Gasteiger partial charge on any atom is -0.396 e. The predicted molar refractivity (Wildman–Crippen MR) is 75.8 cm³/mol. The van der Waals surface area contributed by atoms with Crippen LogP contribution in [0.2, 0.25) is 0 Å². The number of carbonyl (C=O) groups excluding carboxylic acids is 1. The monoisotopic (exact) mass is 313 g/mol. The van der Waals surface area contributed by atoms with E-state index in [2.05, 4.69) is 10.9 Å². The molecule has 0 aliphatic carbocycles. The van der Waals surface area contributed by atoms with Crippen LogP contribution in [0.4, 0.5) is 17.1 Å². The molecule has 0 saturated heterocycles. The Hall–Kier alpha value is -2.79. The van der Waals surface area contributed by atoms with Crippen molar-refractivity contribution in [2.24, 2.45) is 5.73 Å². The number of nitrogens with one attached hydrogen (secondary N) is 2. The molecule has 0 aliphatic rings. The largest absolute Gasteiger partial charge is 0.396 e. The van der Waals surface area contributed by atoms with E-state index >= 15 is 0 Å². The molecular weight excluding hydrogens is 298 g/mol. The van der Waals surface area contributed by atoms with Gasteiger partial charge < -0.3 is 10.8 Å². The number of hydrogen-bond acceptors (Lipinski definition) is 8. The molecule has 0 radical (unpaired) electrons. The highest BCUT2D eigenvalue weighted by atomic mass is 16.6. The second kappa shape index (κ2) is 7.85. The third kappa shape index (κ3) is 4.64. The van der Waals surface area contributed by atoms with E-state index in [4.69, 9.17) is 10.8 Å². The minimum atomic E-state index is -0.892. The summed E-state index contributed by atoms with van der Waals surface area (Å²) < 4.78 is 0. The maximum Gasteiger partial charge on any atom is 0.300 e. The van der Waals surface area contributed by atoms with Crippen LogP contribution < -0.4 is 16.6 Å². The number of hydrazine groups is 1. The number of nitro benzene ring substituents is 2. The van der Waals surface area contributed by atoms with Crippen LogP contribution in [0.3, 0.4) is 0 Å². The summed E-state index contributed by atoms with van der Waals surface area (Å²) in [5, 5.41) is 30.1. The number of carbonyl (C=O) groups is 1. The van der Waals surface area contributed by atoms with Gasteiger partial charge in [0.05, 0.1) is 22.0 Å². The Morgan fingerprint density at radius 2 is 2.00 bits per heavy atom. The summed E-state index contributed by atoms with van der Waals surface area (Å²) in [5.74, 6) is -0.624. The summed E-state index contributed by atoms with van der Waals surface area (Å²) in [6.07, 6.45) is 0.582. The van der Waals surface area contributed by atoms with Gasteiger partial charge in [0.1, 0.15) is 5.69 Å². The molecule has 0 aliphatic heterocycles. The molecule has 5 N–H and O–H groups in total. The fourth-order valence-electron chi connectivity index (χ4n) is 1.55. The Morgan fingerprint density at radius 1 is 1.32 bits per heavy atom. The molecule has 1 amide bonds. The average Bonchev–Trinajstić information content (AvgIpc) is 2.49. The molecule has 11 heteroatoms. The molecule has 0 saturated carbocycles. The van der Waals surface area contributed by atoms with Gasteiger partial charge in [0, 0.05) is 12.7 Å². The topological polar surface area (TPSA) is 174 Å². The zero-order valence-electron chi connectivity index (χ0n) is 11.4. The van der Waals surface area contributed by atoms with Crippen LogP contribution in [-0.4, -0.2) is 33.5 Å². The van der Waals surface area contributed by atoms with E-state index in [-0.39, 0.29) is 18.7 Å².